The number of ether oxygens (including phenoxy) is 3. The minimum Gasteiger partial charge on any atom is -0.493 e. The minimum atomic E-state index is -0.675. The van der Waals surface area contributed by atoms with Crippen LogP contribution in [0.3, 0.4) is 0 Å². The van der Waals surface area contributed by atoms with Crippen LogP contribution in [0.15, 0.2) is 42.5 Å². The van der Waals surface area contributed by atoms with Gasteiger partial charge >= 0.3 is 0 Å². The van der Waals surface area contributed by atoms with Crippen molar-refractivity contribution in [1.29, 1.82) is 0 Å². The Morgan fingerprint density at radius 3 is 2.24 bits per heavy atom. The van der Waals surface area contributed by atoms with E-state index in [0.717, 1.165) is 11.8 Å². The second kappa shape index (κ2) is 18.1. The number of fused-ring (bicyclic) bond motifs is 1. The van der Waals surface area contributed by atoms with Gasteiger partial charge in [-0.25, -0.2) is 4.98 Å². The van der Waals surface area contributed by atoms with Crippen molar-refractivity contribution in [2.45, 2.75) is 45.8 Å². The largest absolute Gasteiger partial charge is 0.493 e. The molecule has 2 unspecified atom stereocenters. The summed E-state index contributed by atoms with van der Waals surface area (Å²) in [6.45, 7) is 7.28. The third kappa shape index (κ3) is 9.25. The topological polar surface area (TPSA) is 175 Å². The zero-order valence-corrected chi connectivity index (χ0v) is 30.5. The van der Waals surface area contributed by atoms with Gasteiger partial charge in [0.05, 0.1) is 19.7 Å². The lowest BCUT2D eigenvalue weighted by atomic mass is 10.1. The molecule has 0 saturated carbocycles. The molecule has 14 nitrogen and oxygen atoms in total. The first-order chi connectivity index (χ1) is 23.1. The summed E-state index contributed by atoms with van der Waals surface area (Å²) in [4.78, 5) is 66.7. The summed E-state index contributed by atoms with van der Waals surface area (Å²) in [5.74, 6) is 1.57. The zero-order chi connectivity index (χ0) is 34.4. The molecule has 0 bridgehead atoms. The van der Waals surface area contributed by atoms with Gasteiger partial charge in [-0.1, -0.05) is 36.9 Å². The van der Waals surface area contributed by atoms with E-state index < -0.39 is 18.1 Å². The van der Waals surface area contributed by atoms with Crippen molar-refractivity contribution < 1.29 is 38.9 Å². The van der Waals surface area contributed by atoms with Gasteiger partial charge in [0.25, 0.3) is 5.91 Å². The van der Waals surface area contributed by atoms with Crippen LogP contribution in [0.2, 0.25) is 0 Å². The monoisotopic (exact) mass is 732 g/mol. The molecule has 3 heterocycles. The van der Waals surface area contributed by atoms with Crippen LogP contribution in [0.25, 0.3) is 10.9 Å². The number of halogens is 1. The number of thioether (sulfide) groups is 1. The molecule has 2 fully saturated rings. The predicted molar refractivity (Wildman–Crippen MR) is 194 cm³/mol. The molecule has 3 N–H and O–H groups in total. The SMILES string of the molecule is COc1cc2nc(N3CCN(C(=O)C(C)Oc4ccccc4)CC3)nc(NC(=O)[C@@H]3CCCN3C(=O)C(C)CSC(C)=O)c2cc1OC.Cl.O. The highest BCUT2D eigenvalue weighted by atomic mass is 35.5. The van der Waals surface area contributed by atoms with E-state index in [1.54, 1.807) is 35.8 Å². The number of carbonyl (C=O) groups is 4. The van der Waals surface area contributed by atoms with Crippen molar-refractivity contribution in [3.8, 4) is 17.2 Å². The summed E-state index contributed by atoms with van der Waals surface area (Å²) in [6, 6.07) is 12.0. The Balaban J connectivity index is 0.00000338. The van der Waals surface area contributed by atoms with Crippen molar-refractivity contribution in [2.24, 2.45) is 5.92 Å². The van der Waals surface area contributed by atoms with E-state index in [0.29, 0.717) is 85.4 Å². The van der Waals surface area contributed by atoms with Gasteiger partial charge < -0.3 is 39.7 Å². The summed E-state index contributed by atoms with van der Waals surface area (Å²) in [7, 11) is 3.06. The molecule has 272 valence electrons. The van der Waals surface area contributed by atoms with Crippen LogP contribution in [0.5, 0.6) is 17.2 Å². The van der Waals surface area contributed by atoms with Gasteiger partial charge in [0.2, 0.25) is 17.8 Å². The molecule has 0 aliphatic carbocycles. The lowest BCUT2D eigenvalue weighted by molar-refractivity contribution is -0.139. The molecule has 2 aliphatic rings. The summed E-state index contributed by atoms with van der Waals surface area (Å²) < 4.78 is 16.9. The molecule has 3 aromatic rings. The molecular formula is C34H45ClN6O8S. The summed E-state index contributed by atoms with van der Waals surface area (Å²) in [5.41, 5.74) is 0.533. The number of rotatable bonds is 11. The molecule has 5 rings (SSSR count). The first-order valence-corrected chi connectivity index (χ1v) is 17.0. The average molecular weight is 733 g/mol. The van der Waals surface area contributed by atoms with Gasteiger partial charge in [-0.2, -0.15) is 4.98 Å². The third-order valence-corrected chi connectivity index (χ3v) is 9.58. The van der Waals surface area contributed by atoms with Crippen molar-refractivity contribution in [3.63, 3.8) is 0 Å². The minimum absolute atomic E-state index is 0. The van der Waals surface area contributed by atoms with Crippen LogP contribution in [-0.2, 0) is 19.2 Å². The van der Waals surface area contributed by atoms with E-state index in [9.17, 15) is 19.2 Å². The highest BCUT2D eigenvalue weighted by Gasteiger charge is 2.37. The number of anilines is 2. The Hall–Kier alpha value is -4.34. The van der Waals surface area contributed by atoms with Crippen molar-refractivity contribution in [3.05, 3.63) is 42.5 Å². The average Bonchev–Trinajstić information content (AvgIpc) is 3.60. The van der Waals surface area contributed by atoms with Gasteiger partial charge in [0.1, 0.15) is 17.6 Å². The first-order valence-electron chi connectivity index (χ1n) is 16.0. The molecule has 16 heteroatoms. The Labute approximate surface area is 301 Å². The molecule has 0 spiro atoms. The van der Waals surface area contributed by atoms with Gasteiger partial charge in [-0.3, -0.25) is 19.2 Å². The number of nitrogens with one attached hydrogen (secondary N) is 1. The molecule has 1 aromatic heterocycles. The molecule has 3 amide bonds. The number of hydrogen-bond acceptors (Lipinski definition) is 11. The van der Waals surface area contributed by atoms with E-state index in [-0.39, 0.29) is 46.5 Å². The smallest absolute Gasteiger partial charge is 0.263 e. The summed E-state index contributed by atoms with van der Waals surface area (Å²) in [6.07, 6.45) is 0.562. The number of carbonyl (C=O) groups excluding carboxylic acids is 4. The molecule has 2 saturated heterocycles. The van der Waals surface area contributed by atoms with Crippen molar-refractivity contribution in [1.82, 2.24) is 19.8 Å². The molecule has 2 aromatic carbocycles. The number of amides is 3. The quantitative estimate of drug-likeness (QED) is 0.307. The van der Waals surface area contributed by atoms with Crippen LogP contribution in [0, 0.1) is 5.92 Å². The lowest BCUT2D eigenvalue weighted by Crippen LogP contribution is -2.52. The number of benzene rings is 2. The van der Waals surface area contributed by atoms with Crippen LogP contribution in [-0.4, -0.2) is 113 Å². The van der Waals surface area contributed by atoms with Gasteiger partial charge in [-0.05, 0) is 38.0 Å². The Morgan fingerprint density at radius 1 is 0.940 bits per heavy atom. The summed E-state index contributed by atoms with van der Waals surface area (Å²) >= 11 is 1.11. The number of aromatic nitrogens is 2. The molecule has 50 heavy (non-hydrogen) atoms. The molecular weight excluding hydrogens is 688 g/mol. The molecule has 2 aliphatic heterocycles. The van der Waals surface area contributed by atoms with E-state index in [4.69, 9.17) is 24.2 Å². The number of hydrogen-bond donors (Lipinski definition) is 1. The second-order valence-electron chi connectivity index (χ2n) is 11.9. The van der Waals surface area contributed by atoms with E-state index in [1.165, 1.54) is 21.1 Å². The van der Waals surface area contributed by atoms with Crippen LogP contribution >= 0.6 is 24.2 Å². The van der Waals surface area contributed by atoms with Gasteiger partial charge in [0, 0.05) is 62.8 Å². The van der Waals surface area contributed by atoms with Crippen LogP contribution in [0.1, 0.15) is 33.6 Å². The number of methoxy groups -OCH3 is 2. The van der Waals surface area contributed by atoms with Crippen molar-refractivity contribution in [2.75, 3.05) is 62.9 Å². The number of piperazine rings is 1. The summed E-state index contributed by atoms with van der Waals surface area (Å²) in [5, 5.41) is 3.48. The maximum Gasteiger partial charge on any atom is 0.263 e. The zero-order valence-electron chi connectivity index (χ0n) is 28.8. The predicted octanol–water partition coefficient (Wildman–Crippen LogP) is 3.21. The van der Waals surface area contributed by atoms with Gasteiger partial charge in [-0.15, -0.1) is 12.4 Å². The standard InChI is InChI=1S/C34H42N6O7S.ClH.H2O/c1-21(20-48-23(3)41)32(43)40-13-9-12-27(40)31(42)36-30-25-18-28(45-4)29(46-5)19-26(25)35-34(37-30)39-16-14-38(15-17-39)33(44)22(2)47-24-10-7-6-8-11-24;;/h6-8,10-11,18-19,21-22,27H,9,12-17,20H2,1-5H3,(H,35,36,37,42);1H;1H2/t21?,22?,27-;;/m0../s1. The van der Waals surface area contributed by atoms with Crippen LogP contribution < -0.4 is 24.4 Å². The molecule has 0 radical (unpaired) electrons. The lowest BCUT2D eigenvalue weighted by Gasteiger charge is -2.36. The highest BCUT2D eigenvalue weighted by molar-refractivity contribution is 8.13. The van der Waals surface area contributed by atoms with Crippen LogP contribution in [0.4, 0.5) is 11.8 Å². The highest BCUT2D eigenvalue weighted by Crippen LogP contribution is 2.35. The maximum atomic E-state index is 13.8. The number of nitrogens with zero attached hydrogens (tertiary/aromatic N) is 5. The third-order valence-electron chi connectivity index (χ3n) is 8.51. The fourth-order valence-corrected chi connectivity index (χ4v) is 6.54. The fourth-order valence-electron chi connectivity index (χ4n) is 5.92. The normalized spacial score (nSPS) is 16.8. The van der Waals surface area contributed by atoms with E-state index in [1.807, 2.05) is 35.2 Å². The Kier molecular flexibility index (Phi) is 14.5. The molecule has 3 atom stereocenters. The fraction of sp³-hybridized carbons (Fsp3) is 0.471. The second-order valence-corrected chi connectivity index (χ2v) is 13.1. The van der Waals surface area contributed by atoms with E-state index in [2.05, 4.69) is 5.32 Å². The number of para-hydroxylation sites is 1. The van der Waals surface area contributed by atoms with Gasteiger partial charge in [0.15, 0.2) is 22.7 Å². The Bertz CT molecular complexity index is 1660. The Morgan fingerprint density at radius 2 is 1.60 bits per heavy atom. The first kappa shape index (κ1) is 40.1. The number of likely N-dealkylation sites (tertiary alicyclic amines) is 1. The van der Waals surface area contributed by atoms with Crippen molar-refractivity contribution >= 4 is 69.7 Å². The maximum absolute atomic E-state index is 13.8. The van der Waals surface area contributed by atoms with E-state index >= 15 is 0 Å².